The Morgan fingerprint density at radius 1 is 1.07 bits per heavy atom. The van der Waals surface area contributed by atoms with Gasteiger partial charge in [-0.15, -0.1) is 5.10 Å². The van der Waals surface area contributed by atoms with Gasteiger partial charge in [0.1, 0.15) is 11.3 Å². The minimum Gasteiger partial charge on any atom is -0.493 e. The van der Waals surface area contributed by atoms with Gasteiger partial charge in [-0.05, 0) is 38.3 Å². The molecule has 148 valence electrons. The predicted molar refractivity (Wildman–Crippen MR) is 109 cm³/mol. The molecule has 3 aromatic rings. The first-order chi connectivity index (χ1) is 13.6. The third kappa shape index (κ3) is 3.37. The zero-order valence-electron chi connectivity index (χ0n) is 17.0. The molecule has 0 unspecified atom stereocenters. The van der Waals surface area contributed by atoms with Crippen LogP contribution in [0.5, 0.6) is 11.5 Å². The number of nitrogens with one attached hydrogen (secondary N) is 1. The van der Waals surface area contributed by atoms with Gasteiger partial charge in [-0.25, -0.2) is 14.5 Å². The second-order valence-corrected chi connectivity index (χ2v) is 7.42. The van der Waals surface area contributed by atoms with Crippen molar-refractivity contribution in [3.05, 3.63) is 35.4 Å². The SMILES string of the molecule is COc1cc(Nc2ncc3c(C)nc(C4CCCCC4)n3n2)cc(C)c1OC. The standard InChI is InChI=1S/C21H27N5O2/c1-13-10-16(11-18(27-3)19(13)28-4)24-21-22-12-17-14(2)23-20(26(17)25-21)15-8-6-5-7-9-15/h10-12,15H,5-9H2,1-4H3,(H,24,25). The summed E-state index contributed by atoms with van der Waals surface area (Å²) in [5.74, 6) is 3.47. The number of anilines is 2. The molecule has 7 nitrogen and oxygen atoms in total. The molecule has 0 amide bonds. The van der Waals surface area contributed by atoms with E-state index in [4.69, 9.17) is 19.6 Å². The molecule has 1 saturated carbocycles. The molecule has 0 bridgehead atoms. The Morgan fingerprint density at radius 3 is 2.57 bits per heavy atom. The zero-order chi connectivity index (χ0) is 19.7. The maximum Gasteiger partial charge on any atom is 0.245 e. The van der Waals surface area contributed by atoms with Crippen molar-refractivity contribution < 1.29 is 9.47 Å². The summed E-state index contributed by atoms with van der Waals surface area (Å²) in [6.45, 7) is 4.01. The number of methoxy groups -OCH3 is 2. The van der Waals surface area contributed by atoms with E-state index in [0.717, 1.165) is 34.0 Å². The van der Waals surface area contributed by atoms with Crippen LogP contribution in [0.1, 0.15) is 55.1 Å². The summed E-state index contributed by atoms with van der Waals surface area (Å²) in [7, 11) is 3.28. The molecule has 0 radical (unpaired) electrons. The van der Waals surface area contributed by atoms with Gasteiger partial charge in [-0.3, -0.25) is 0 Å². The lowest BCUT2D eigenvalue weighted by Crippen LogP contribution is -2.11. The van der Waals surface area contributed by atoms with Gasteiger partial charge < -0.3 is 14.8 Å². The molecule has 1 fully saturated rings. The highest BCUT2D eigenvalue weighted by Crippen LogP contribution is 2.35. The van der Waals surface area contributed by atoms with Crippen molar-refractivity contribution >= 4 is 17.2 Å². The zero-order valence-corrected chi connectivity index (χ0v) is 17.0. The monoisotopic (exact) mass is 381 g/mol. The Kier molecular flexibility index (Phi) is 5.07. The quantitative estimate of drug-likeness (QED) is 0.699. The van der Waals surface area contributed by atoms with E-state index in [9.17, 15) is 0 Å². The highest BCUT2D eigenvalue weighted by Gasteiger charge is 2.22. The number of hydrogen-bond acceptors (Lipinski definition) is 6. The molecule has 0 atom stereocenters. The highest BCUT2D eigenvalue weighted by atomic mass is 16.5. The second kappa shape index (κ2) is 7.66. The van der Waals surface area contributed by atoms with Crippen molar-refractivity contribution in [3.8, 4) is 11.5 Å². The van der Waals surface area contributed by atoms with Gasteiger partial charge in [0.05, 0.1) is 26.1 Å². The van der Waals surface area contributed by atoms with Crippen LogP contribution >= 0.6 is 0 Å². The van der Waals surface area contributed by atoms with Crippen LogP contribution in [-0.4, -0.2) is 33.8 Å². The molecular weight excluding hydrogens is 354 g/mol. The van der Waals surface area contributed by atoms with Crippen molar-refractivity contribution in [3.63, 3.8) is 0 Å². The van der Waals surface area contributed by atoms with Gasteiger partial charge in [-0.2, -0.15) is 0 Å². The van der Waals surface area contributed by atoms with E-state index in [2.05, 4.69) is 10.3 Å². The van der Waals surface area contributed by atoms with Crippen LogP contribution in [0.2, 0.25) is 0 Å². The number of fused-ring (bicyclic) bond motifs is 1. The fourth-order valence-electron chi connectivity index (χ4n) is 4.09. The first kappa shape index (κ1) is 18.5. The largest absolute Gasteiger partial charge is 0.493 e. The summed E-state index contributed by atoms with van der Waals surface area (Å²) in [5.41, 5.74) is 3.78. The third-order valence-corrected chi connectivity index (χ3v) is 5.49. The molecule has 4 rings (SSSR count). The molecule has 0 saturated heterocycles. The molecule has 1 aliphatic carbocycles. The molecule has 28 heavy (non-hydrogen) atoms. The number of hydrogen-bond donors (Lipinski definition) is 1. The van der Waals surface area contributed by atoms with Crippen LogP contribution in [0.3, 0.4) is 0 Å². The van der Waals surface area contributed by atoms with Gasteiger partial charge >= 0.3 is 0 Å². The van der Waals surface area contributed by atoms with Gasteiger partial charge in [0.25, 0.3) is 0 Å². The van der Waals surface area contributed by atoms with E-state index in [0.29, 0.717) is 17.6 Å². The predicted octanol–water partition coefficient (Wildman–Crippen LogP) is 4.55. The molecule has 1 N–H and O–H groups in total. The number of ether oxygens (including phenoxy) is 2. The Balaban J connectivity index is 1.69. The topological polar surface area (TPSA) is 73.6 Å². The highest BCUT2D eigenvalue weighted by molar-refractivity contribution is 5.63. The van der Waals surface area contributed by atoms with Crippen LogP contribution in [0, 0.1) is 13.8 Å². The minimum absolute atomic E-state index is 0.473. The van der Waals surface area contributed by atoms with E-state index in [1.54, 1.807) is 14.2 Å². The molecule has 0 aliphatic heterocycles. The van der Waals surface area contributed by atoms with Gasteiger partial charge in [0.2, 0.25) is 5.95 Å². The van der Waals surface area contributed by atoms with Crippen molar-refractivity contribution in [2.45, 2.75) is 51.9 Å². The minimum atomic E-state index is 0.473. The molecule has 2 aromatic heterocycles. The summed E-state index contributed by atoms with van der Waals surface area (Å²) >= 11 is 0. The smallest absolute Gasteiger partial charge is 0.245 e. The lowest BCUT2D eigenvalue weighted by molar-refractivity contribution is 0.353. The second-order valence-electron chi connectivity index (χ2n) is 7.42. The summed E-state index contributed by atoms with van der Waals surface area (Å²) in [6, 6.07) is 3.89. The Morgan fingerprint density at radius 2 is 1.86 bits per heavy atom. The van der Waals surface area contributed by atoms with Crippen molar-refractivity contribution in [1.82, 2.24) is 19.6 Å². The summed E-state index contributed by atoms with van der Waals surface area (Å²) < 4.78 is 12.8. The van der Waals surface area contributed by atoms with Gasteiger partial charge in [0.15, 0.2) is 11.5 Å². The van der Waals surface area contributed by atoms with E-state index >= 15 is 0 Å². The first-order valence-corrected chi connectivity index (χ1v) is 9.82. The maximum absolute atomic E-state index is 5.45. The van der Waals surface area contributed by atoms with E-state index in [1.807, 2.05) is 36.7 Å². The van der Waals surface area contributed by atoms with Crippen molar-refractivity contribution in [2.75, 3.05) is 19.5 Å². The molecular formula is C21H27N5O2. The molecule has 1 aromatic carbocycles. The van der Waals surface area contributed by atoms with Gasteiger partial charge in [-0.1, -0.05) is 19.3 Å². The van der Waals surface area contributed by atoms with E-state index < -0.39 is 0 Å². The molecule has 7 heteroatoms. The van der Waals surface area contributed by atoms with E-state index in [1.165, 1.54) is 32.1 Å². The van der Waals surface area contributed by atoms with Crippen LogP contribution in [0.4, 0.5) is 11.6 Å². The number of nitrogens with zero attached hydrogens (tertiary/aromatic N) is 4. The fourth-order valence-corrected chi connectivity index (χ4v) is 4.09. The fraction of sp³-hybridized carbons (Fsp3) is 0.476. The first-order valence-electron chi connectivity index (χ1n) is 9.82. The van der Waals surface area contributed by atoms with Crippen LogP contribution in [-0.2, 0) is 0 Å². The number of rotatable bonds is 5. The Labute approximate surface area is 165 Å². The summed E-state index contributed by atoms with van der Waals surface area (Å²) in [4.78, 5) is 9.32. The molecule has 1 aliphatic rings. The van der Waals surface area contributed by atoms with Crippen molar-refractivity contribution in [1.29, 1.82) is 0 Å². The number of benzene rings is 1. The number of imidazole rings is 1. The average Bonchev–Trinajstić information content (AvgIpc) is 3.04. The number of aryl methyl sites for hydroxylation is 2. The van der Waals surface area contributed by atoms with E-state index in [-0.39, 0.29) is 0 Å². The number of aromatic nitrogens is 4. The lowest BCUT2D eigenvalue weighted by atomic mass is 9.89. The van der Waals surface area contributed by atoms with Crippen LogP contribution in [0.25, 0.3) is 5.52 Å². The molecule has 0 spiro atoms. The third-order valence-electron chi connectivity index (χ3n) is 5.49. The van der Waals surface area contributed by atoms with Crippen LogP contribution < -0.4 is 14.8 Å². The van der Waals surface area contributed by atoms with Crippen molar-refractivity contribution in [2.24, 2.45) is 0 Å². The summed E-state index contributed by atoms with van der Waals surface area (Å²) in [5, 5.41) is 8.05. The molecule has 2 heterocycles. The lowest BCUT2D eigenvalue weighted by Gasteiger charge is -2.20. The Hall–Kier alpha value is -2.83. The Bertz CT molecular complexity index is 992. The normalized spacial score (nSPS) is 15.0. The maximum atomic E-state index is 5.45. The van der Waals surface area contributed by atoms with Crippen LogP contribution in [0.15, 0.2) is 18.3 Å². The summed E-state index contributed by atoms with van der Waals surface area (Å²) in [6.07, 6.45) is 8.05. The van der Waals surface area contributed by atoms with Gasteiger partial charge in [0, 0.05) is 17.7 Å². The average molecular weight is 381 g/mol.